The summed E-state index contributed by atoms with van der Waals surface area (Å²) in [6, 6.07) is 7.44. The van der Waals surface area contributed by atoms with Gasteiger partial charge in [0.1, 0.15) is 5.75 Å². The molecule has 110 valence electrons. The lowest BCUT2D eigenvalue weighted by Crippen LogP contribution is -2.55. The second-order valence-corrected chi connectivity index (χ2v) is 6.83. The number of ether oxygens (including phenoxy) is 1. The van der Waals surface area contributed by atoms with E-state index >= 15 is 0 Å². The molecule has 0 atom stereocenters. The molecule has 1 saturated heterocycles. The van der Waals surface area contributed by atoms with Crippen LogP contribution >= 0.6 is 0 Å². The highest BCUT2D eigenvalue weighted by atomic mass is 32.2. The number of amides is 1. The number of carbonyl (C=O) groups is 1. The molecule has 1 aliphatic heterocycles. The van der Waals surface area contributed by atoms with Gasteiger partial charge in [-0.15, -0.1) is 0 Å². The topological polar surface area (TPSA) is 75.7 Å². The lowest BCUT2D eigenvalue weighted by molar-refractivity contribution is -0.128. The van der Waals surface area contributed by atoms with E-state index in [1.165, 1.54) is 4.31 Å². The minimum Gasteiger partial charge on any atom is -0.497 e. The number of carbonyl (C=O) groups excluding carboxylic acids is 1. The van der Waals surface area contributed by atoms with Gasteiger partial charge in [-0.25, -0.2) is 12.7 Å². The summed E-state index contributed by atoms with van der Waals surface area (Å²) in [5.41, 5.74) is 0.942. The van der Waals surface area contributed by atoms with Crippen LogP contribution in [0.4, 0.5) is 0 Å². The van der Waals surface area contributed by atoms with E-state index in [0.717, 1.165) is 17.6 Å². The van der Waals surface area contributed by atoms with Crippen LogP contribution in [0.2, 0.25) is 0 Å². The molecule has 0 bridgehead atoms. The highest BCUT2D eigenvalue weighted by Gasteiger charge is 2.37. The van der Waals surface area contributed by atoms with Crippen molar-refractivity contribution in [1.82, 2.24) is 9.62 Å². The van der Waals surface area contributed by atoms with E-state index in [9.17, 15) is 13.2 Å². The van der Waals surface area contributed by atoms with Crippen molar-refractivity contribution in [3.63, 3.8) is 0 Å². The van der Waals surface area contributed by atoms with Gasteiger partial charge in [-0.05, 0) is 17.7 Å². The SMILES string of the molecule is COc1cccc(CNC(=O)C2CN(S(C)(=O)=O)C2)c1. The Kier molecular flexibility index (Phi) is 4.29. The van der Waals surface area contributed by atoms with Gasteiger partial charge >= 0.3 is 0 Å². The number of methoxy groups -OCH3 is 1. The van der Waals surface area contributed by atoms with Crippen LogP contribution in [0.25, 0.3) is 0 Å². The van der Waals surface area contributed by atoms with E-state index in [0.29, 0.717) is 6.54 Å². The van der Waals surface area contributed by atoms with E-state index in [1.54, 1.807) is 7.11 Å². The van der Waals surface area contributed by atoms with Crippen molar-refractivity contribution in [3.8, 4) is 5.75 Å². The Morgan fingerprint density at radius 1 is 1.45 bits per heavy atom. The van der Waals surface area contributed by atoms with E-state index in [1.807, 2.05) is 24.3 Å². The van der Waals surface area contributed by atoms with Gasteiger partial charge in [-0.2, -0.15) is 0 Å². The van der Waals surface area contributed by atoms with Crippen molar-refractivity contribution >= 4 is 15.9 Å². The molecule has 1 aliphatic rings. The fourth-order valence-electron chi connectivity index (χ4n) is 1.99. The zero-order valence-electron chi connectivity index (χ0n) is 11.5. The standard InChI is InChI=1S/C13H18N2O4S/c1-19-12-5-3-4-10(6-12)7-14-13(16)11-8-15(9-11)20(2,17)18/h3-6,11H,7-9H2,1-2H3,(H,14,16). The first kappa shape index (κ1) is 14.8. The van der Waals surface area contributed by atoms with Crippen LogP contribution in [0.3, 0.4) is 0 Å². The van der Waals surface area contributed by atoms with Crippen molar-refractivity contribution in [2.24, 2.45) is 5.92 Å². The van der Waals surface area contributed by atoms with E-state index < -0.39 is 10.0 Å². The quantitative estimate of drug-likeness (QED) is 0.843. The van der Waals surface area contributed by atoms with Crippen LogP contribution in [0.1, 0.15) is 5.56 Å². The van der Waals surface area contributed by atoms with Gasteiger partial charge in [0.15, 0.2) is 0 Å². The molecular weight excluding hydrogens is 280 g/mol. The molecule has 1 amide bonds. The van der Waals surface area contributed by atoms with Crippen molar-refractivity contribution in [1.29, 1.82) is 0 Å². The molecule has 1 aromatic rings. The number of nitrogens with zero attached hydrogens (tertiary/aromatic N) is 1. The summed E-state index contributed by atoms with van der Waals surface area (Å²) in [5, 5.41) is 2.81. The predicted molar refractivity (Wildman–Crippen MR) is 74.7 cm³/mol. The summed E-state index contributed by atoms with van der Waals surface area (Å²) in [5.74, 6) is 0.367. The van der Waals surface area contributed by atoms with Crippen LogP contribution in [-0.4, -0.2) is 45.1 Å². The number of hydrogen-bond acceptors (Lipinski definition) is 4. The Hall–Kier alpha value is -1.60. The highest BCUT2D eigenvalue weighted by molar-refractivity contribution is 7.88. The average molecular weight is 298 g/mol. The molecule has 0 saturated carbocycles. The van der Waals surface area contributed by atoms with Gasteiger partial charge in [0.2, 0.25) is 15.9 Å². The maximum absolute atomic E-state index is 11.9. The lowest BCUT2D eigenvalue weighted by atomic mass is 10.0. The first-order chi connectivity index (χ1) is 9.40. The Morgan fingerprint density at radius 2 is 2.15 bits per heavy atom. The second-order valence-electron chi connectivity index (χ2n) is 4.85. The first-order valence-electron chi connectivity index (χ1n) is 6.26. The van der Waals surface area contributed by atoms with Gasteiger partial charge in [-0.3, -0.25) is 4.79 Å². The summed E-state index contributed by atoms with van der Waals surface area (Å²) in [6.07, 6.45) is 1.15. The van der Waals surface area contributed by atoms with Crippen molar-refractivity contribution in [2.45, 2.75) is 6.54 Å². The molecular formula is C13H18N2O4S. The lowest BCUT2D eigenvalue weighted by Gasteiger charge is -2.35. The molecule has 0 unspecified atom stereocenters. The summed E-state index contributed by atoms with van der Waals surface area (Å²) >= 11 is 0. The van der Waals surface area contributed by atoms with E-state index in [-0.39, 0.29) is 24.9 Å². The Morgan fingerprint density at radius 3 is 2.75 bits per heavy atom. The maximum atomic E-state index is 11.9. The predicted octanol–water partition coefficient (Wildman–Crippen LogP) is 0.203. The molecule has 20 heavy (non-hydrogen) atoms. The van der Waals surface area contributed by atoms with Crippen LogP contribution in [0.5, 0.6) is 5.75 Å². The molecule has 0 radical (unpaired) electrons. The van der Waals surface area contributed by atoms with Crippen LogP contribution < -0.4 is 10.1 Å². The van der Waals surface area contributed by atoms with Gasteiger partial charge in [0.25, 0.3) is 0 Å². The van der Waals surface area contributed by atoms with Gasteiger partial charge in [-0.1, -0.05) is 12.1 Å². The fraction of sp³-hybridized carbons (Fsp3) is 0.462. The minimum atomic E-state index is -3.17. The van der Waals surface area contributed by atoms with Crippen LogP contribution in [0.15, 0.2) is 24.3 Å². The molecule has 7 heteroatoms. The van der Waals surface area contributed by atoms with Crippen LogP contribution in [0, 0.1) is 5.92 Å². The summed E-state index contributed by atoms with van der Waals surface area (Å²) < 4.78 is 28.8. The van der Waals surface area contributed by atoms with E-state index in [4.69, 9.17) is 4.74 Å². The zero-order chi connectivity index (χ0) is 14.8. The molecule has 1 aromatic carbocycles. The minimum absolute atomic E-state index is 0.118. The van der Waals surface area contributed by atoms with Gasteiger partial charge in [0, 0.05) is 19.6 Å². The Bertz CT molecular complexity index is 594. The fourth-order valence-corrected chi connectivity index (χ4v) is 2.89. The largest absolute Gasteiger partial charge is 0.497 e. The highest BCUT2D eigenvalue weighted by Crippen LogP contribution is 2.19. The summed E-state index contributed by atoms with van der Waals surface area (Å²) in [6.45, 7) is 0.941. The molecule has 0 aliphatic carbocycles. The second kappa shape index (κ2) is 5.80. The van der Waals surface area contributed by atoms with Gasteiger partial charge < -0.3 is 10.1 Å². The molecule has 0 spiro atoms. The summed E-state index contributed by atoms with van der Waals surface area (Å²) in [7, 11) is -1.58. The molecule has 1 heterocycles. The van der Waals surface area contributed by atoms with Crippen molar-refractivity contribution in [3.05, 3.63) is 29.8 Å². The number of nitrogens with one attached hydrogen (secondary N) is 1. The first-order valence-corrected chi connectivity index (χ1v) is 8.11. The average Bonchev–Trinajstić information content (AvgIpc) is 2.33. The third-order valence-electron chi connectivity index (χ3n) is 3.29. The molecule has 1 N–H and O–H groups in total. The molecule has 2 rings (SSSR count). The maximum Gasteiger partial charge on any atom is 0.226 e. The Balaban J connectivity index is 1.82. The number of benzene rings is 1. The zero-order valence-corrected chi connectivity index (χ0v) is 12.3. The number of sulfonamides is 1. The van der Waals surface area contributed by atoms with Crippen LogP contribution in [-0.2, 0) is 21.4 Å². The number of rotatable bonds is 5. The van der Waals surface area contributed by atoms with E-state index in [2.05, 4.69) is 5.32 Å². The third kappa shape index (κ3) is 3.49. The molecule has 6 nitrogen and oxygen atoms in total. The van der Waals surface area contributed by atoms with Gasteiger partial charge in [0.05, 0.1) is 19.3 Å². The third-order valence-corrected chi connectivity index (χ3v) is 4.52. The van der Waals surface area contributed by atoms with Crippen molar-refractivity contribution < 1.29 is 17.9 Å². The molecule has 0 aromatic heterocycles. The monoisotopic (exact) mass is 298 g/mol. The van der Waals surface area contributed by atoms with Crippen molar-refractivity contribution in [2.75, 3.05) is 26.5 Å². The Labute approximate surface area is 118 Å². The molecule has 1 fully saturated rings. The normalized spacial score (nSPS) is 16.5. The summed E-state index contributed by atoms with van der Waals surface area (Å²) in [4.78, 5) is 11.9. The smallest absolute Gasteiger partial charge is 0.226 e. The number of hydrogen-bond donors (Lipinski definition) is 1.